The molecule has 1 N–H and O–H groups in total. The average Bonchev–Trinajstić information content (AvgIpc) is 0.811. The van der Waals surface area contributed by atoms with Crippen LogP contribution in [0.25, 0.3) is 0 Å². The quantitative estimate of drug-likeness (QED) is 0.451. The van der Waals surface area contributed by atoms with Crippen molar-refractivity contribution in [3.8, 4) is 0 Å². The van der Waals surface area contributed by atoms with Crippen LogP contribution in [-0.2, 0) is 19.5 Å². The molecule has 0 aliphatic carbocycles. The molecule has 0 atom stereocenters. The van der Waals surface area contributed by atoms with Crippen molar-refractivity contribution in [1.82, 2.24) is 0 Å². The smallest absolute Gasteiger partial charge is 0.387 e. The van der Waals surface area contributed by atoms with Gasteiger partial charge in [0.05, 0.1) is 0 Å². The zero-order valence-corrected chi connectivity index (χ0v) is 8.03. The molecular weight excluding hydrogens is 136 g/mol. The Balaban J connectivity index is 0. The summed E-state index contributed by atoms with van der Waals surface area (Å²) in [6.07, 6.45) is 0. The predicted octanol–water partition coefficient (Wildman–Crippen LogP) is -0.705. The third-order valence-corrected chi connectivity index (χ3v) is 0. The second-order valence-corrected chi connectivity index (χ2v) is 1.37. The van der Waals surface area contributed by atoms with E-state index in [0.717, 1.165) is 0 Å². The number of rotatable bonds is 0. The van der Waals surface area contributed by atoms with Crippen molar-refractivity contribution in [3.63, 3.8) is 0 Å². The van der Waals surface area contributed by atoms with Gasteiger partial charge < -0.3 is 5.11 Å². The number of hydrogen-bond acceptors (Lipinski definition) is 1. The van der Waals surface area contributed by atoms with E-state index in [-0.39, 0.29) is 35.8 Å². The minimum atomic E-state index is -0.694. The summed E-state index contributed by atoms with van der Waals surface area (Å²) in [6.45, 7) is 0. The maximum absolute atomic E-state index is 9.06. The largest absolute Gasteiger partial charge is 0.497 e. The van der Waals surface area contributed by atoms with E-state index in [4.69, 9.17) is 9.90 Å². The number of carboxylic acid groups (broad SMARTS) is 1. The molecule has 0 spiro atoms. The van der Waals surface area contributed by atoms with Crippen LogP contribution < -0.4 is 0 Å². The first-order valence-electron chi connectivity index (χ1n) is 0.928. The molecule has 0 saturated carbocycles. The summed E-state index contributed by atoms with van der Waals surface area (Å²) in [5, 5.41) is 7.48. The normalized spacial score (nSPS) is 4.80. The van der Waals surface area contributed by atoms with Crippen LogP contribution in [0, 0.1) is 0 Å². The standard InChI is InChI=1S/CHO2.Al.Zn.2H/c2-1-3;;;;/h(H,2,3);;;;. The average molecular weight is 139 g/mol. The number of hydrogen-bond donors (Lipinski definition) is 1. The molecule has 0 aromatic heterocycles. The molecule has 2 nitrogen and oxygen atoms in total. The Morgan fingerprint density at radius 3 is 1.80 bits per heavy atom. The fourth-order valence-corrected chi connectivity index (χ4v) is 0. The molecule has 0 unspecified atom stereocenters. The van der Waals surface area contributed by atoms with Crippen molar-refractivity contribution in [2.75, 3.05) is 0 Å². The molecule has 0 fully saturated rings. The Bertz CT molecular complexity index is 32.6. The summed E-state index contributed by atoms with van der Waals surface area (Å²) in [4.78, 5) is 8.37. The van der Waals surface area contributed by atoms with Gasteiger partial charge in [-0.3, -0.25) is 4.79 Å². The first-order valence-corrected chi connectivity index (χ1v) is 1.93. The van der Waals surface area contributed by atoms with Crippen LogP contribution in [0.1, 0.15) is 0 Å². The second kappa shape index (κ2) is 4.63. The Kier molecular flexibility index (Phi) is 8.47. The van der Waals surface area contributed by atoms with E-state index in [0.29, 0.717) is 0 Å². The van der Waals surface area contributed by atoms with E-state index < -0.39 is 4.83 Å². The van der Waals surface area contributed by atoms with Crippen LogP contribution in [0.15, 0.2) is 0 Å². The molecule has 0 heterocycles. The first kappa shape index (κ1) is 9.16. The molecule has 0 saturated heterocycles. The third kappa shape index (κ3) is 81.4. The minimum absolute atomic E-state index is 0. The van der Waals surface area contributed by atoms with E-state index in [9.17, 15) is 0 Å². The van der Waals surface area contributed by atoms with E-state index in [1.165, 1.54) is 0 Å². The molecule has 0 rings (SSSR count). The Morgan fingerprint density at radius 2 is 1.80 bits per heavy atom. The van der Waals surface area contributed by atoms with Crippen molar-refractivity contribution in [2.24, 2.45) is 0 Å². The maximum atomic E-state index is 9.06. The van der Waals surface area contributed by atoms with Gasteiger partial charge in [0.2, 0.25) is 0 Å². The molecule has 0 aliphatic heterocycles. The van der Waals surface area contributed by atoms with E-state index in [1.54, 1.807) is 0 Å². The summed E-state index contributed by atoms with van der Waals surface area (Å²) in [5.74, 6) is 0. The molecule has 0 aromatic carbocycles. The molecular formula is CH3AlO2Zn. The van der Waals surface area contributed by atoms with Crippen molar-refractivity contribution >= 4 is 21.1 Å². The Morgan fingerprint density at radius 1 is 1.80 bits per heavy atom. The molecule has 4 heteroatoms. The van der Waals surface area contributed by atoms with Crippen molar-refractivity contribution in [3.05, 3.63) is 0 Å². The fraction of sp³-hybridized carbons (Fsp3) is 0. The molecule has 5 heavy (non-hydrogen) atoms. The Hall–Kier alpha value is 0.626. The van der Waals surface area contributed by atoms with Crippen LogP contribution in [0.3, 0.4) is 0 Å². The van der Waals surface area contributed by atoms with Gasteiger partial charge in [-0.1, -0.05) is 0 Å². The summed E-state index contributed by atoms with van der Waals surface area (Å²) in [7, 11) is 0. The van der Waals surface area contributed by atoms with Gasteiger partial charge in [0.15, 0.2) is 4.83 Å². The zero-order valence-electron chi connectivity index (χ0n) is 3.06. The molecule has 0 bridgehead atoms. The monoisotopic (exact) mass is 138 g/mol. The predicted molar refractivity (Wildman–Crippen MR) is 16.6 cm³/mol. The van der Waals surface area contributed by atoms with E-state index in [2.05, 4.69) is 0 Å². The fourth-order valence-electron chi connectivity index (χ4n) is 0. The maximum Gasteiger partial charge on any atom is 0.387 e. The van der Waals surface area contributed by atoms with Crippen LogP contribution >= 0.6 is 0 Å². The summed E-state index contributed by atoms with van der Waals surface area (Å²) in [6, 6.07) is 0. The van der Waals surface area contributed by atoms with Crippen molar-refractivity contribution in [1.29, 1.82) is 0 Å². The van der Waals surface area contributed by atoms with Crippen LogP contribution in [0.2, 0.25) is 0 Å². The zero-order chi connectivity index (χ0) is 3.58. The second-order valence-electron chi connectivity index (χ2n) is 0.519. The van der Waals surface area contributed by atoms with E-state index in [1.807, 2.05) is 0 Å². The van der Waals surface area contributed by atoms with Gasteiger partial charge in [0.25, 0.3) is 0 Å². The summed E-state index contributed by atoms with van der Waals surface area (Å²) >= 11 is 0.265. The molecule has 0 aliphatic rings. The van der Waals surface area contributed by atoms with Gasteiger partial charge in [-0.2, -0.15) is 0 Å². The number of carbonyl (C=O) groups is 1. The first-order chi connectivity index (χ1) is 1.73. The summed E-state index contributed by atoms with van der Waals surface area (Å²) < 4.78 is 0. The van der Waals surface area contributed by atoms with Gasteiger partial charge in [-0.05, 0) is 0 Å². The van der Waals surface area contributed by atoms with Gasteiger partial charge >= 0.3 is 16.3 Å². The van der Waals surface area contributed by atoms with Gasteiger partial charge in [-0.25, -0.2) is 0 Å². The van der Waals surface area contributed by atoms with Gasteiger partial charge in [0, 0.05) is 19.5 Å². The summed E-state index contributed by atoms with van der Waals surface area (Å²) in [5.41, 5.74) is 0. The van der Waals surface area contributed by atoms with Crippen molar-refractivity contribution in [2.45, 2.75) is 0 Å². The van der Waals surface area contributed by atoms with E-state index >= 15 is 0 Å². The molecule has 0 aromatic rings. The minimum Gasteiger partial charge on any atom is -0.497 e. The molecule has 0 radical (unpaired) electrons. The van der Waals surface area contributed by atoms with Crippen LogP contribution in [-0.4, -0.2) is 26.2 Å². The Labute approximate surface area is 50.7 Å². The van der Waals surface area contributed by atoms with Crippen LogP contribution in [0.4, 0.5) is 4.79 Å². The van der Waals surface area contributed by atoms with Crippen molar-refractivity contribution < 1.29 is 29.4 Å². The topological polar surface area (TPSA) is 37.3 Å². The third-order valence-electron chi connectivity index (χ3n) is 0. The van der Waals surface area contributed by atoms with Gasteiger partial charge in [-0.15, -0.1) is 0 Å². The SMILES string of the molecule is O=[C](O)[AlH2].[Zn]. The van der Waals surface area contributed by atoms with Crippen LogP contribution in [0.5, 0.6) is 0 Å². The molecule has 24 valence electrons. The molecule has 0 amide bonds. The van der Waals surface area contributed by atoms with Gasteiger partial charge in [0.1, 0.15) is 0 Å².